The first-order valence-corrected chi connectivity index (χ1v) is 6.80. The van der Waals surface area contributed by atoms with Crippen molar-refractivity contribution < 1.29 is 14.7 Å². The van der Waals surface area contributed by atoms with E-state index < -0.39 is 5.97 Å². The maximum absolute atomic E-state index is 11.7. The highest BCUT2D eigenvalue weighted by Crippen LogP contribution is 2.07. The van der Waals surface area contributed by atoms with Gasteiger partial charge in [0, 0.05) is 12.6 Å². The van der Waals surface area contributed by atoms with Crippen molar-refractivity contribution in [1.82, 2.24) is 10.6 Å². The van der Waals surface area contributed by atoms with Crippen LogP contribution in [0, 0.1) is 5.92 Å². The van der Waals surface area contributed by atoms with Crippen molar-refractivity contribution in [2.45, 2.75) is 39.8 Å². The lowest BCUT2D eigenvalue weighted by Gasteiger charge is -2.20. The molecule has 0 saturated carbocycles. The molecule has 0 saturated heterocycles. The SMILES string of the molecule is CCC(C)C(C)NC(=O)NCc1ccc(C(=O)O)cc1. The summed E-state index contributed by atoms with van der Waals surface area (Å²) in [7, 11) is 0. The van der Waals surface area contributed by atoms with Crippen LogP contribution in [0.25, 0.3) is 0 Å². The number of carbonyl (C=O) groups excluding carboxylic acids is 1. The van der Waals surface area contributed by atoms with Gasteiger partial charge in [-0.3, -0.25) is 0 Å². The molecule has 0 aliphatic heterocycles. The predicted octanol–water partition coefficient (Wildman–Crippen LogP) is 2.62. The smallest absolute Gasteiger partial charge is 0.335 e. The maximum Gasteiger partial charge on any atom is 0.335 e. The largest absolute Gasteiger partial charge is 0.478 e. The first-order chi connectivity index (χ1) is 9.43. The van der Waals surface area contributed by atoms with Crippen LogP contribution in [0.1, 0.15) is 43.1 Å². The second kappa shape index (κ2) is 7.53. The molecule has 3 N–H and O–H groups in total. The van der Waals surface area contributed by atoms with Crippen LogP contribution in [0.4, 0.5) is 4.79 Å². The molecule has 0 bridgehead atoms. The molecule has 0 aliphatic rings. The first kappa shape index (κ1) is 16.0. The van der Waals surface area contributed by atoms with Gasteiger partial charge in [0.1, 0.15) is 0 Å². The minimum absolute atomic E-state index is 0.120. The molecule has 1 aromatic rings. The standard InChI is InChI=1S/C15H22N2O3/c1-4-10(2)11(3)17-15(20)16-9-12-5-7-13(8-6-12)14(18)19/h5-8,10-11H,4,9H2,1-3H3,(H,18,19)(H2,16,17,20). The van der Waals surface area contributed by atoms with Gasteiger partial charge in [-0.05, 0) is 30.5 Å². The van der Waals surface area contributed by atoms with Gasteiger partial charge in [-0.15, -0.1) is 0 Å². The summed E-state index contributed by atoms with van der Waals surface area (Å²) in [6.07, 6.45) is 1.01. The van der Waals surface area contributed by atoms with Crippen LogP contribution < -0.4 is 10.6 Å². The lowest BCUT2D eigenvalue weighted by Crippen LogP contribution is -2.43. The molecule has 20 heavy (non-hydrogen) atoms. The molecule has 1 rings (SSSR count). The number of hydrogen-bond acceptors (Lipinski definition) is 2. The number of rotatable bonds is 6. The highest BCUT2D eigenvalue weighted by Gasteiger charge is 2.12. The maximum atomic E-state index is 11.7. The van der Waals surface area contributed by atoms with Crippen molar-refractivity contribution in [2.75, 3.05) is 0 Å². The van der Waals surface area contributed by atoms with E-state index in [1.807, 2.05) is 6.92 Å². The number of aromatic carboxylic acids is 1. The summed E-state index contributed by atoms with van der Waals surface area (Å²) in [5, 5.41) is 14.4. The molecular formula is C15H22N2O3. The number of carboxylic acid groups (broad SMARTS) is 1. The lowest BCUT2D eigenvalue weighted by molar-refractivity contribution is 0.0697. The van der Waals surface area contributed by atoms with Gasteiger partial charge in [0.25, 0.3) is 0 Å². The van der Waals surface area contributed by atoms with E-state index in [-0.39, 0.29) is 17.6 Å². The normalized spacial score (nSPS) is 13.3. The molecule has 2 atom stereocenters. The van der Waals surface area contributed by atoms with E-state index in [0.717, 1.165) is 12.0 Å². The summed E-state index contributed by atoms with van der Waals surface area (Å²) in [6, 6.07) is 6.36. The number of hydrogen-bond donors (Lipinski definition) is 3. The number of urea groups is 1. The first-order valence-electron chi connectivity index (χ1n) is 6.80. The molecule has 110 valence electrons. The van der Waals surface area contributed by atoms with Gasteiger partial charge in [-0.25, -0.2) is 9.59 Å². The molecule has 5 heteroatoms. The molecule has 5 nitrogen and oxygen atoms in total. The highest BCUT2D eigenvalue weighted by atomic mass is 16.4. The van der Waals surface area contributed by atoms with Gasteiger partial charge in [0.2, 0.25) is 0 Å². The van der Waals surface area contributed by atoms with Gasteiger partial charge in [0.15, 0.2) is 0 Å². The Labute approximate surface area is 119 Å². The summed E-state index contributed by atoms with van der Waals surface area (Å²) in [6.45, 7) is 6.54. The zero-order valence-corrected chi connectivity index (χ0v) is 12.1. The number of carbonyl (C=O) groups is 2. The van der Waals surface area contributed by atoms with Gasteiger partial charge < -0.3 is 15.7 Å². The van der Waals surface area contributed by atoms with E-state index in [0.29, 0.717) is 12.5 Å². The summed E-state index contributed by atoms with van der Waals surface area (Å²) < 4.78 is 0. The minimum atomic E-state index is -0.954. The molecule has 1 aromatic carbocycles. The van der Waals surface area contributed by atoms with Crippen LogP contribution in [0.5, 0.6) is 0 Å². The average molecular weight is 278 g/mol. The molecular weight excluding hydrogens is 256 g/mol. The summed E-state index contributed by atoms with van der Waals surface area (Å²) in [5.41, 5.74) is 1.10. The van der Waals surface area contributed by atoms with Gasteiger partial charge >= 0.3 is 12.0 Å². The van der Waals surface area contributed by atoms with E-state index in [9.17, 15) is 9.59 Å². The summed E-state index contributed by atoms with van der Waals surface area (Å²) in [4.78, 5) is 22.4. The topological polar surface area (TPSA) is 78.4 Å². The fourth-order valence-corrected chi connectivity index (χ4v) is 1.70. The fraction of sp³-hybridized carbons (Fsp3) is 0.467. The number of carboxylic acids is 1. The number of amides is 2. The average Bonchev–Trinajstić information content (AvgIpc) is 2.44. The third kappa shape index (κ3) is 4.91. The molecule has 0 aromatic heterocycles. The summed E-state index contributed by atoms with van der Waals surface area (Å²) in [5.74, 6) is -0.528. The summed E-state index contributed by atoms with van der Waals surface area (Å²) >= 11 is 0. The molecule has 2 amide bonds. The van der Waals surface area contributed by atoms with E-state index in [1.165, 1.54) is 12.1 Å². The molecule has 0 heterocycles. The van der Waals surface area contributed by atoms with E-state index in [4.69, 9.17) is 5.11 Å². The van der Waals surface area contributed by atoms with Crippen molar-refractivity contribution >= 4 is 12.0 Å². The Morgan fingerprint density at radius 2 is 1.80 bits per heavy atom. The number of benzene rings is 1. The molecule has 0 fully saturated rings. The van der Waals surface area contributed by atoms with E-state index in [1.54, 1.807) is 12.1 Å². The zero-order valence-electron chi connectivity index (χ0n) is 12.1. The lowest BCUT2D eigenvalue weighted by atomic mass is 10.0. The van der Waals surface area contributed by atoms with Gasteiger partial charge in [0.05, 0.1) is 5.56 Å². The Morgan fingerprint density at radius 1 is 1.20 bits per heavy atom. The monoisotopic (exact) mass is 278 g/mol. The zero-order chi connectivity index (χ0) is 15.1. The third-order valence-corrected chi connectivity index (χ3v) is 3.51. The number of nitrogens with one attached hydrogen (secondary N) is 2. The van der Waals surface area contributed by atoms with Gasteiger partial charge in [-0.2, -0.15) is 0 Å². The predicted molar refractivity (Wildman–Crippen MR) is 77.7 cm³/mol. The van der Waals surface area contributed by atoms with Crippen molar-refractivity contribution in [3.8, 4) is 0 Å². The van der Waals surface area contributed by atoms with Crippen molar-refractivity contribution in [3.05, 3.63) is 35.4 Å². The van der Waals surface area contributed by atoms with Crippen LogP contribution >= 0.6 is 0 Å². The second-order valence-electron chi connectivity index (χ2n) is 5.00. The van der Waals surface area contributed by atoms with Crippen molar-refractivity contribution in [2.24, 2.45) is 5.92 Å². The van der Waals surface area contributed by atoms with E-state index in [2.05, 4.69) is 24.5 Å². The third-order valence-electron chi connectivity index (χ3n) is 3.51. The Hall–Kier alpha value is -2.04. The van der Waals surface area contributed by atoms with Crippen molar-refractivity contribution in [1.29, 1.82) is 0 Å². The fourth-order valence-electron chi connectivity index (χ4n) is 1.70. The molecule has 0 radical (unpaired) electrons. The Kier molecular flexibility index (Phi) is 6.03. The Bertz CT molecular complexity index is 457. The van der Waals surface area contributed by atoms with Crippen LogP contribution in [0.2, 0.25) is 0 Å². The van der Waals surface area contributed by atoms with Crippen LogP contribution in [0.3, 0.4) is 0 Å². The molecule has 0 aliphatic carbocycles. The van der Waals surface area contributed by atoms with Crippen LogP contribution in [-0.4, -0.2) is 23.1 Å². The van der Waals surface area contributed by atoms with Crippen molar-refractivity contribution in [3.63, 3.8) is 0 Å². The van der Waals surface area contributed by atoms with Crippen LogP contribution in [0.15, 0.2) is 24.3 Å². The van der Waals surface area contributed by atoms with E-state index >= 15 is 0 Å². The molecule has 2 unspecified atom stereocenters. The molecule has 0 spiro atoms. The Balaban J connectivity index is 2.43. The highest BCUT2D eigenvalue weighted by molar-refractivity contribution is 5.87. The quantitative estimate of drug-likeness (QED) is 0.748. The Morgan fingerprint density at radius 3 is 2.30 bits per heavy atom. The second-order valence-corrected chi connectivity index (χ2v) is 5.00. The minimum Gasteiger partial charge on any atom is -0.478 e. The van der Waals surface area contributed by atoms with Gasteiger partial charge in [-0.1, -0.05) is 32.4 Å². The van der Waals surface area contributed by atoms with Crippen LogP contribution in [-0.2, 0) is 6.54 Å².